The Bertz CT molecular complexity index is 2060. The molecule has 0 aliphatic heterocycles. The van der Waals surface area contributed by atoms with Gasteiger partial charge in [-0.05, 0) is 47.7 Å². The maximum absolute atomic E-state index is 4.74. The molecule has 6 heteroatoms. The Morgan fingerprint density at radius 2 is 1.14 bits per heavy atom. The van der Waals surface area contributed by atoms with E-state index >= 15 is 0 Å². The van der Waals surface area contributed by atoms with Crippen LogP contribution in [-0.4, -0.2) is 13.3 Å². The molecule has 3 aromatic carbocycles. The Labute approximate surface area is 304 Å². The third-order valence-corrected chi connectivity index (χ3v) is 12.7. The Balaban J connectivity index is 0.976. The van der Waals surface area contributed by atoms with Gasteiger partial charge in [0, 0.05) is 54.1 Å². The van der Waals surface area contributed by atoms with Gasteiger partial charge in [0.2, 0.25) is 0 Å². The molecule has 0 unspecified atom stereocenters. The normalized spacial score (nSPS) is 11.9. The van der Waals surface area contributed by atoms with Crippen LogP contribution in [0.4, 0.5) is 0 Å². The molecule has 0 spiro atoms. The highest BCUT2D eigenvalue weighted by Crippen LogP contribution is 2.42. The molecule has 0 saturated heterocycles. The largest absolute Gasteiger partial charge is 0.340 e. The van der Waals surface area contributed by atoms with E-state index in [1.807, 2.05) is 11.3 Å². The fourth-order valence-corrected chi connectivity index (χ4v) is 9.77. The van der Waals surface area contributed by atoms with Gasteiger partial charge in [0.05, 0.1) is 11.7 Å². The molecule has 4 heterocycles. The van der Waals surface area contributed by atoms with Crippen LogP contribution in [-0.2, 0) is 6.54 Å². The molecule has 0 aliphatic rings. The van der Waals surface area contributed by atoms with E-state index in [2.05, 4.69) is 95.7 Å². The molecular formula is C43H49N3S3. The minimum Gasteiger partial charge on any atom is -0.340 e. The van der Waals surface area contributed by atoms with Gasteiger partial charge in [0.25, 0.3) is 0 Å². The molecule has 0 saturated carbocycles. The Hall–Kier alpha value is -3.32. The minimum atomic E-state index is 1.00. The van der Waals surface area contributed by atoms with Crippen LogP contribution in [0.3, 0.4) is 0 Å². The molecule has 0 N–H and O–H groups in total. The Morgan fingerprint density at radius 3 is 1.82 bits per heavy atom. The van der Waals surface area contributed by atoms with Crippen LogP contribution in [0.1, 0.15) is 103 Å². The minimum absolute atomic E-state index is 1.00. The summed E-state index contributed by atoms with van der Waals surface area (Å²) >= 11 is 4.91. The van der Waals surface area contributed by atoms with Crippen molar-refractivity contribution in [3.8, 4) is 31.3 Å². The van der Waals surface area contributed by atoms with E-state index in [4.69, 9.17) is 8.75 Å². The summed E-state index contributed by atoms with van der Waals surface area (Å²) in [5, 5.41) is 4.84. The molecule has 254 valence electrons. The molecule has 0 bridgehead atoms. The second-order valence-electron chi connectivity index (χ2n) is 13.6. The number of nitrogens with zero attached hydrogens (tertiary/aromatic N) is 3. The molecule has 0 aliphatic carbocycles. The van der Waals surface area contributed by atoms with Gasteiger partial charge in [0.15, 0.2) is 0 Å². The summed E-state index contributed by atoms with van der Waals surface area (Å²) in [7, 11) is 0. The van der Waals surface area contributed by atoms with Crippen molar-refractivity contribution in [2.75, 3.05) is 0 Å². The zero-order chi connectivity index (χ0) is 33.3. The number of thiophene rings is 2. The highest BCUT2D eigenvalue weighted by Gasteiger charge is 2.17. The number of hydrogen-bond donors (Lipinski definition) is 0. The lowest BCUT2D eigenvalue weighted by Crippen LogP contribution is -1.98. The van der Waals surface area contributed by atoms with E-state index < -0.39 is 0 Å². The lowest BCUT2D eigenvalue weighted by molar-refractivity contribution is 0.526. The van der Waals surface area contributed by atoms with Gasteiger partial charge in [0.1, 0.15) is 11.0 Å². The Kier molecular flexibility index (Phi) is 11.9. The van der Waals surface area contributed by atoms with E-state index in [0.29, 0.717) is 0 Å². The van der Waals surface area contributed by atoms with Crippen molar-refractivity contribution >= 4 is 67.2 Å². The molecule has 0 fully saturated rings. The molecule has 7 aromatic rings. The monoisotopic (exact) mass is 703 g/mol. The van der Waals surface area contributed by atoms with Crippen LogP contribution < -0.4 is 0 Å². The van der Waals surface area contributed by atoms with Crippen LogP contribution >= 0.6 is 34.4 Å². The van der Waals surface area contributed by atoms with Crippen molar-refractivity contribution in [2.24, 2.45) is 0 Å². The summed E-state index contributed by atoms with van der Waals surface area (Å²) in [6.07, 6.45) is 21.0. The topological polar surface area (TPSA) is 30.7 Å². The van der Waals surface area contributed by atoms with Crippen LogP contribution in [0.5, 0.6) is 0 Å². The van der Waals surface area contributed by atoms with Crippen LogP contribution in [0, 0.1) is 0 Å². The van der Waals surface area contributed by atoms with Crippen molar-refractivity contribution in [1.82, 2.24) is 13.3 Å². The van der Waals surface area contributed by atoms with E-state index in [1.165, 1.54) is 161 Å². The molecule has 49 heavy (non-hydrogen) atoms. The summed E-state index contributed by atoms with van der Waals surface area (Å²) in [4.78, 5) is 3.77. The second kappa shape index (κ2) is 17.1. The first-order valence-corrected chi connectivity index (χ1v) is 21.1. The zero-order valence-electron chi connectivity index (χ0n) is 29.0. The second-order valence-corrected chi connectivity index (χ2v) is 16.2. The predicted octanol–water partition coefficient (Wildman–Crippen LogP) is 14.8. The van der Waals surface area contributed by atoms with Gasteiger partial charge in [-0.25, -0.2) is 0 Å². The average molecular weight is 704 g/mol. The van der Waals surface area contributed by atoms with E-state index in [1.54, 1.807) is 11.3 Å². The number of hydrogen-bond acceptors (Lipinski definition) is 5. The fraction of sp³-hybridized carbons (Fsp3) is 0.395. The lowest BCUT2D eigenvalue weighted by atomic mass is 10.0. The quantitative estimate of drug-likeness (QED) is 0.0785. The van der Waals surface area contributed by atoms with Gasteiger partial charge in [-0.2, -0.15) is 8.75 Å². The van der Waals surface area contributed by atoms with E-state index in [9.17, 15) is 0 Å². The van der Waals surface area contributed by atoms with Crippen LogP contribution in [0.15, 0.2) is 84.2 Å². The highest BCUT2D eigenvalue weighted by atomic mass is 32.1. The zero-order valence-corrected chi connectivity index (χ0v) is 31.4. The van der Waals surface area contributed by atoms with Gasteiger partial charge in [-0.15, -0.1) is 22.7 Å². The summed E-state index contributed by atoms with van der Waals surface area (Å²) < 4.78 is 12.0. The summed E-state index contributed by atoms with van der Waals surface area (Å²) in [5.74, 6) is 0. The van der Waals surface area contributed by atoms with Crippen molar-refractivity contribution in [1.29, 1.82) is 0 Å². The van der Waals surface area contributed by atoms with Gasteiger partial charge >= 0.3 is 0 Å². The lowest BCUT2D eigenvalue weighted by Gasteiger charge is -2.09. The maximum Gasteiger partial charge on any atom is 0.114 e. The summed E-state index contributed by atoms with van der Waals surface area (Å²) in [5.41, 5.74) is 8.34. The first kappa shape index (κ1) is 34.1. The van der Waals surface area contributed by atoms with Gasteiger partial charge in [-0.3, -0.25) is 0 Å². The van der Waals surface area contributed by atoms with Gasteiger partial charge < -0.3 is 4.57 Å². The number of aryl methyl sites for hydroxylation is 1. The van der Waals surface area contributed by atoms with Gasteiger partial charge in [-0.1, -0.05) is 145 Å². The number of unbranched alkanes of at least 4 members (excludes halogenated alkanes) is 14. The molecule has 3 nitrogen and oxygen atoms in total. The SMILES string of the molecule is CCCCCCCCCCCCCCCCCn1c2ccccc2c2ccc(-c3ccc(-c4ccc(-c5cccs5)c5nsnc45)s3)cc21. The molecule has 7 rings (SSSR count). The maximum atomic E-state index is 4.74. The molecule has 0 radical (unpaired) electrons. The van der Waals surface area contributed by atoms with Crippen LogP contribution in [0.25, 0.3) is 64.2 Å². The molecule has 0 atom stereocenters. The third-order valence-electron chi connectivity index (χ3n) is 10.1. The molecule has 4 aromatic heterocycles. The third kappa shape index (κ3) is 8.03. The molecular weight excluding hydrogens is 655 g/mol. The Morgan fingerprint density at radius 1 is 0.531 bits per heavy atom. The first-order chi connectivity index (χ1) is 24.3. The van der Waals surface area contributed by atoms with Crippen molar-refractivity contribution in [3.05, 3.63) is 84.2 Å². The van der Waals surface area contributed by atoms with E-state index in [0.717, 1.165) is 17.6 Å². The number of rotatable bonds is 19. The number of benzene rings is 3. The standard InChI is InChI=1S/C43H49N3S3/c1-2-3-4-5-6-7-8-9-10-11-12-13-14-15-18-29-46-37-21-17-16-20-33(37)34-24-23-32(31-38(34)46)39-27-28-41(48-39)36-26-25-35(40-22-19-30-47-40)42-43(36)45-49-44-42/h16-17,19-28,30-31H,2-15,18,29H2,1H3. The first-order valence-electron chi connectivity index (χ1n) is 18.7. The van der Waals surface area contributed by atoms with Crippen LogP contribution in [0.2, 0.25) is 0 Å². The number of fused-ring (bicyclic) bond motifs is 4. The highest BCUT2D eigenvalue weighted by molar-refractivity contribution is 7.19. The predicted molar refractivity (Wildman–Crippen MR) is 217 cm³/mol. The summed E-state index contributed by atoms with van der Waals surface area (Å²) in [6, 6.07) is 29.3. The van der Waals surface area contributed by atoms with Crippen molar-refractivity contribution in [3.63, 3.8) is 0 Å². The molecule has 0 amide bonds. The number of para-hydroxylation sites is 1. The fourth-order valence-electron chi connectivity index (χ4n) is 7.42. The smallest absolute Gasteiger partial charge is 0.114 e. The average Bonchev–Trinajstić information content (AvgIpc) is 3.96. The number of aromatic nitrogens is 3. The van der Waals surface area contributed by atoms with Crippen molar-refractivity contribution < 1.29 is 0 Å². The van der Waals surface area contributed by atoms with Crippen molar-refractivity contribution in [2.45, 2.75) is 110 Å². The summed E-state index contributed by atoms with van der Waals surface area (Å²) in [6.45, 7) is 3.38. The van der Waals surface area contributed by atoms with E-state index in [-0.39, 0.29) is 0 Å².